The van der Waals surface area contributed by atoms with Gasteiger partial charge in [-0.15, -0.1) is 0 Å². The molecule has 3 heterocycles. The number of imidazole rings is 1. The summed E-state index contributed by atoms with van der Waals surface area (Å²) in [7, 11) is 0. The zero-order valence-corrected chi connectivity index (χ0v) is 22.0. The minimum atomic E-state index is -4.54. The molecule has 0 saturated heterocycles. The van der Waals surface area contributed by atoms with Crippen molar-refractivity contribution in [3.63, 3.8) is 0 Å². The minimum absolute atomic E-state index is 0.0254. The SMILES string of the molecule is Cc1nonc1C(=O)N[C@H](c1cn2ncc([C@H](NC(=O)COCC(F)(F)F)C3CC3)cc2n1)C1CCC(F)(F)CC1. The van der Waals surface area contributed by atoms with Crippen molar-refractivity contribution in [2.45, 2.75) is 69.6 Å². The lowest BCUT2D eigenvalue weighted by molar-refractivity contribution is -0.175. The molecule has 2 aliphatic rings. The molecule has 0 unspecified atom stereocenters. The number of nitrogens with zero attached hydrogens (tertiary/aromatic N) is 5. The van der Waals surface area contributed by atoms with E-state index in [1.807, 2.05) is 0 Å². The Kier molecular flexibility index (Phi) is 7.94. The van der Waals surface area contributed by atoms with E-state index in [1.165, 1.54) is 10.7 Å². The van der Waals surface area contributed by atoms with Crippen LogP contribution in [0.4, 0.5) is 22.0 Å². The van der Waals surface area contributed by atoms with E-state index in [2.05, 4.69) is 40.4 Å². The number of hydrogen-bond acceptors (Lipinski definition) is 8. The highest BCUT2D eigenvalue weighted by Crippen LogP contribution is 2.42. The maximum atomic E-state index is 13.9. The quantitative estimate of drug-likeness (QED) is 0.343. The Morgan fingerprint density at radius 3 is 2.46 bits per heavy atom. The summed E-state index contributed by atoms with van der Waals surface area (Å²) >= 11 is 0. The van der Waals surface area contributed by atoms with Gasteiger partial charge in [-0.25, -0.2) is 22.9 Å². The van der Waals surface area contributed by atoms with Crippen molar-refractivity contribution in [2.75, 3.05) is 13.2 Å². The van der Waals surface area contributed by atoms with Crippen LogP contribution >= 0.6 is 0 Å². The molecule has 222 valence electrons. The summed E-state index contributed by atoms with van der Waals surface area (Å²) in [5, 5.41) is 17.2. The average Bonchev–Trinajstić information content (AvgIpc) is 3.50. The molecule has 0 aliphatic heterocycles. The maximum Gasteiger partial charge on any atom is 0.411 e. The van der Waals surface area contributed by atoms with Crippen molar-refractivity contribution in [1.82, 2.24) is 35.5 Å². The highest BCUT2D eigenvalue weighted by molar-refractivity contribution is 5.93. The third-order valence-corrected chi connectivity index (χ3v) is 7.33. The normalized spacial score (nSPS) is 19.2. The van der Waals surface area contributed by atoms with E-state index in [9.17, 15) is 31.5 Å². The van der Waals surface area contributed by atoms with Gasteiger partial charge in [0.25, 0.3) is 5.91 Å². The number of amides is 2. The number of hydrogen-bond donors (Lipinski definition) is 2. The molecule has 2 saturated carbocycles. The maximum absolute atomic E-state index is 13.9. The van der Waals surface area contributed by atoms with Crippen LogP contribution < -0.4 is 10.6 Å². The number of carbonyl (C=O) groups excluding carboxylic acids is 2. The second-order valence-electron chi connectivity index (χ2n) is 10.6. The van der Waals surface area contributed by atoms with E-state index in [4.69, 9.17) is 0 Å². The number of nitrogens with one attached hydrogen (secondary N) is 2. The smallest absolute Gasteiger partial charge is 0.362 e. The predicted molar refractivity (Wildman–Crippen MR) is 130 cm³/mol. The van der Waals surface area contributed by atoms with Gasteiger partial charge >= 0.3 is 6.18 Å². The molecule has 0 bridgehead atoms. The van der Waals surface area contributed by atoms with Crippen LogP contribution in [-0.4, -0.2) is 62.0 Å². The Hall–Kier alpha value is -3.69. The molecule has 2 aliphatic carbocycles. The molecule has 2 atom stereocenters. The fraction of sp³-hybridized carbons (Fsp3) is 0.600. The third kappa shape index (κ3) is 7.15. The zero-order chi connectivity index (χ0) is 29.4. The van der Waals surface area contributed by atoms with Gasteiger partial charge in [-0.05, 0) is 61.2 Å². The topological polar surface area (TPSA) is 137 Å². The van der Waals surface area contributed by atoms with Gasteiger partial charge in [0, 0.05) is 12.8 Å². The third-order valence-electron chi connectivity index (χ3n) is 7.33. The molecular weight excluding hydrogens is 557 g/mol. The molecule has 3 aromatic heterocycles. The van der Waals surface area contributed by atoms with Crippen LogP contribution in [-0.2, 0) is 9.53 Å². The van der Waals surface area contributed by atoms with Crippen molar-refractivity contribution >= 4 is 17.5 Å². The van der Waals surface area contributed by atoms with E-state index >= 15 is 0 Å². The molecule has 16 heteroatoms. The first-order valence-corrected chi connectivity index (χ1v) is 13.2. The van der Waals surface area contributed by atoms with Crippen LogP contribution in [0.25, 0.3) is 5.65 Å². The second kappa shape index (κ2) is 11.3. The number of halogens is 5. The standard InChI is InChI=1S/C25H28F5N7O4/c1-13-20(36-41-35-13)23(39)34-22(15-4-6-24(26,27)7-5-15)17-10-37-18(32-17)8-16(9-31-37)21(14-2-3-14)33-19(38)11-40-12-25(28,29)30/h8-10,14-15,21-22H,2-7,11-12H2,1H3,(H,33,38)(H,34,39)/t21-,22+/m1/s1. The lowest BCUT2D eigenvalue weighted by atomic mass is 9.81. The first-order chi connectivity index (χ1) is 19.4. The van der Waals surface area contributed by atoms with Gasteiger partial charge in [-0.1, -0.05) is 5.16 Å². The number of carbonyl (C=O) groups is 2. The summed E-state index contributed by atoms with van der Waals surface area (Å²) < 4.78 is 75.4. The lowest BCUT2D eigenvalue weighted by Gasteiger charge is -2.33. The fourth-order valence-corrected chi connectivity index (χ4v) is 5.08. The summed E-state index contributed by atoms with van der Waals surface area (Å²) in [6, 6.07) is 0.452. The van der Waals surface area contributed by atoms with E-state index in [-0.39, 0.29) is 48.9 Å². The molecule has 0 radical (unpaired) electrons. The van der Waals surface area contributed by atoms with E-state index < -0.39 is 49.2 Å². The van der Waals surface area contributed by atoms with Gasteiger partial charge in [0.2, 0.25) is 11.8 Å². The highest BCUT2D eigenvalue weighted by atomic mass is 19.4. The molecule has 41 heavy (non-hydrogen) atoms. The van der Waals surface area contributed by atoms with Crippen molar-refractivity contribution in [1.29, 1.82) is 0 Å². The van der Waals surface area contributed by atoms with Crippen molar-refractivity contribution < 1.29 is 40.9 Å². The van der Waals surface area contributed by atoms with Gasteiger partial charge in [0.15, 0.2) is 11.3 Å². The summed E-state index contributed by atoms with van der Waals surface area (Å²) in [5.41, 5.74) is 1.63. The number of fused-ring (bicyclic) bond motifs is 1. The summed E-state index contributed by atoms with van der Waals surface area (Å²) in [4.78, 5) is 29.9. The Bertz CT molecular complexity index is 1390. The number of aromatic nitrogens is 5. The molecule has 2 fully saturated rings. The summed E-state index contributed by atoms with van der Waals surface area (Å²) in [5.74, 6) is -4.30. The summed E-state index contributed by atoms with van der Waals surface area (Å²) in [6.45, 7) is -0.717. The number of alkyl halides is 5. The van der Waals surface area contributed by atoms with E-state index in [0.29, 0.717) is 16.9 Å². The largest absolute Gasteiger partial charge is 0.411 e. The van der Waals surface area contributed by atoms with Crippen LogP contribution in [0, 0.1) is 18.8 Å². The Balaban J connectivity index is 1.36. The van der Waals surface area contributed by atoms with Crippen molar-refractivity contribution in [3.05, 3.63) is 41.1 Å². The fourth-order valence-electron chi connectivity index (χ4n) is 5.08. The molecule has 11 nitrogen and oxygen atoms in total. The van der Waals surface area contributed by atoms with Gasteiger partial charge in [-0.3, -0.25) is 9.59 Å². The molecule has 3 aromatic rings. The Morgan fingerprint density at radius 2 is 1.83 bits per heavy atom. The lowest BCUT2D eigenvalue weighted by Crippen LogP contribution is -2.37. The monoisotopic (exact) mass is 585 g/mol. The van der Waals surface area contributed by atoms with E-state index in [0.717, 1.165) is 12.8 Å². The van der Waals surface area contributed by atoms with Gasteiger partial charge in [-0.2, -0.15) is 18.3 Å². The Labute approximate surface area is 230 Å². The van der Waals surface area contributed by atoms with Crippen LogP contribution in [0.15, 0.2) is 23.1 Å². The van der Waals surface area contributed by atoms with E-state index in [1.54, 1.807) is 19.2 Å². The second-order valence-corrected chi connectivity index (χ2v) is 10.6. The molecule has 0 spiro atoms. The van der Waals surface area contributed by atoms with Crippen LogP contribution in [0.1, 0.15) is 78.0 Å². The van der Waals surface area contributed by atoms with Gasteiger partial charge in [0.05, 0.1) is 30.2 Å². The van der Waals surface area contributed by atoms with Gasteiger partial charge < -0.3 is 15.4 Å². The van der Waals surface area contributed by atoms with Crippen molar-refractivity contribution in [2.24, 2.45) is 11.8 Å². The van der Waals surface area contributed by atoms with Gasteiger partial charge in [0.1, 0.15) is 18.9 Å². The number of aryl methyl sites for hydroxylation is 1. The minimum Gasteiger partial charge on any atom is -0.362 e. The molecule has 2 amide bonds. The van der Waals surface area contributed by atoms with Crippen LogP contribution in [0.3, 0.4) is 0 Å². The number of rotatable bonds is 10. The molecule has 2 N–H and O–H groups in total. The van der Waals surface area contributed by atoms with Crippen LogP contribution in [0.2, 0.25) is 0 Å². The first kappa shape index (κ1) is 28.8. The Morgan fingerprint density at radius 1 is 1.12 bits per heavy atom. The summed E-state index contributed by atoms with van der Waals surface area (Å²) in [6.07, 6.45) is -0.104. The highest BCUT2D eigenvalue weighted by Gasteiger charge is 2.40. The number of ether oxygens (including phenoxy) is 1. The predicted octanol–water partition coefficient (Wildman–Crippen LogP) is 3.86. The molecule has 0 aromatic carbocycles. The molecule has 5 rings (SSSR count). The zero-order valence-electron chi connectivity index (χ0n) is 22.0. The first-order valence-electron chi connectivity index (χ1n) is 13.2. The average molecular weight is 586 g/mol. The molecular formula is C25H28F5N7O4. The van der Waals surface area contributed by atoms with Crippen LogP contribution in [0.5, 0.6) is 0 Å². The van der Waals surface area contributed by atoms with Crippen molar-refractivity contribution in [3.8, 4) is 0 Å².